The Bertz CT molecular complexity index is 1220. The number of anilines is 2. The monoisotopic (exact) mass is 460 g/mol. The molecule has 1 aromatic carbocycles. The van der Waals surface area contributed by atoms with Gasteiger partial charge in [0.15, 0.2) is 5.65 Å². The first kappa shape index (κ1) is 21.2. The van der Waals surface area contributed by atoms with E-state index in [9.17, 15) is 4.79 Å². The summed E-state index contributed by atoms with van der Waals surface area (Å²) in [5.41, 5.74) is 2.91. The second kappa shape index (κ2) is 8.81. The van der Waals surface area contributed by atoms with Gasteiger partial charge in [-0.1, -0.05) is 12.1 Å². The molecule has 0 aliphatic carbocycles. The molecule has 1 amide bonds. The molecule has 0 spiro atoms. The molecule has 6 rings (SSSR count). The molecule has 2 unspecified atom stereocenters. The molecule has 9 nitrogen and oxygen atoms in total. The number of aromatic nitrogens is 3. The highest BCUT2D eigenvalue weighted by atomic mass is 16.5. The van der Waals surface area contributed by atoms with Crippen LogP contribution >= 0.6 is 0 Å². The van der Waals surface area contributed by atoms with Crippen molar-refractivity contribution in [2.45, 2.75) is 12.5 Å². The first-order valence-electron chi connectivity index (χ1n) is 11.9. The third-order valence-corrected chi connectivity index (χ3v) is 6.84. The average molecular weight is 461 g/mol. The topological polar surface area (TPSA) is 92.7 Å². The molecule has 3 aromatic rings. The third kappa shape index (κ3) is 3.95. The van der Waals surface area contributed by atoms with Gasteiger partial charge in [0.2, 0.25) is 5.95 Å². The molecule has 0 radical (unpaired) electrons. The van der Waals surface area contributed by atoms with Gasteiger partial charge >= 0.3 is 0 Å². The second-order valence-corrected chi connectivity index (χ2v) is 9.14. The number of fused-ring (bicyclic) bond motifs is 3. The summed E-state index contributed by atoms with van der Waals surface area (Å²) in [5.74, 6) is 2.03. The molecule has 3 fully saturated rings. The van der Waals surface area contributed by atoms with E-state index < -0.39 is 0 Å². The number of nitrogens with zero attached hydrogens (tertiary/aromatic N) is 5. The summed E-state index contributed by atoms with van der Waals surface area (Å²) in [4.78, 5) is 31.5. The van der Waals surface area contributed by atoms with E-state index in [0.717, 1.165) is 61.7 Å². The maximum Gasteiger partial charge on any atom is 0.251 e. The molecule has 0 saturated carbocycles. The Morgan fingerprint density at radius 3 is 2.76 bits per heavy atom. The molecule has 1 N–H and O–H groups in total. The number of morpholine rings is 1. The van der Waals surface area contributed by atoms with Crippen LogP contribution < -0.4 is 15.1 Å². The number of hydrogen-bond donors (Lipinski definition) is 1. The normalized spacial score (nSPS) is 22.3. The Hall–Kier alpha value is -3.30. The standard InChI is InChI=1S/C25H28N6O3/c1-26-24(32)18-4-2-3-17(12-18)21-6-5-20-22(27-21)28-25(30-7-9-33-10-8-30)29-23(20)31-13-16-11-19(14-31)34-15-16/h2-6,12,16,19H,7-11,13-15H2,1H3,(H,26,32). The van der Waals surface area contributed by atoms with E-state index >= 15 is 0 Å². The SMILES string of the molecule is CNC(=O)c1cccc(-c2ccc3c(N4CC5COC(C5)C4)nc(N4CCOCC4)nc3n2)c1. The average Bonchev–Trinajstić information content (AvgIpc) is 3.24. The number of ether oxygens (including phenoxy) is 2. The molecule has 3 saturated heterocycles. The Kier molecular flexibility index (Phi) is 5.50. The first-order chi connectivity index (χ1) is 16.7. The highest BCUT2D eigenvalue weighted by molar-refractivity contribution is 5.95. The van der Waals surface area contributed by atoms with E-state index in [4.69, 9.17) is 24.4 Å². The van der Waals surface area contributed by atoms with Gasteiger partial charge in [0, 0.05) is 50.3 Å². The Balaban J connectivity index is 1.44. The number of piperidine rings is 1. The fraction of sp³-hybridized carbons (Fsp3) is 0.440. The molecule has 3 aliphatic heterocycles. The van der Waals surface area contributed by atoms with Gasteiger partial charge in [0.1, 0.15) is 5.82 Å². The quantitative estimate of drug-likeness (QED) is 0.633. The molecule has 2 atom stereocenters. The molecule has 2 aromatic heterocycles. The smallest absolute Gasteiger partial charge is 0.251 e. The number of hydrogen-bond acceptors (Lipinski definition) is 8. The van der Waals surface area contributed by atoms with E-state index in [0.29, 0.717) is 36.3 Å². The van der Waals surface area contributed by atoms with E-state index in [1.165, 1.54) is 0 Å². The second-order valence-electron chi connectivity index (χ2n) is 9.14. The molecule has 9 heteroatoms. The van der Waals surface area contributed by atoms with Crippen molar-refractivity contribution < 1.29 is 14.3 Å². The minimum atomic E-state index is -0.121. The molecule has 2 bridgehead atoms. The van der Waals surface area contributed by atoms with E-state index in [-0.39, 0.29) is 12.0 Å². The maximum atomic E-state index is 12.1. The highest BCUT2D eigenvalue weighted by Gasteiger charge is 2.35. The zero-order valence-corrected chi connectivity index (χ0v) is 19.2. The lowest BCUT2D eigenvalue weighted by Crippen LogP contribution is -2.41. The van der Waals surface area contributed by atoms with Gasteiger partial charge in [0.25, 0.3) is 5.91 Å². The summed E-state index contributed by atoms with van der Waals surface area (Å²) in [6, 6.07) is 11.5. The Morgan fingerprint density at radius 1 is 1.06 bits per heavy atom. The van der Waals surface area contributed by atoms with E-state index in [1.54, 1.807) is 13.1 Å². The van der Waals surface area contributed by atoms with E-state index in [1.807, 2.05) is 24.3 Å². The predicted octanol–water partition coefficient (Wildman–Crippen LogP) is 2.11. The molecule has 34 heavy (non-hydrogen) atoms. The zero-order chi connectivity index (χ0) is 23.1. The largest absolute Gasteiger partial charge is 0.378 e. The van der Waals surface area contributed by atoms with Crippen molar-refractivity contribution in [2.75, 3.05) is 62.8 Å². The summed E-state index contributed by atoms with van der Waals surface area (Å²) in [5, 5.41) is 3.61. The van der Waals surface area contributed by atoms with Gasteiger partial charge in [0.05, 0.1) is 37.0 Å². The number of amides is 1. The van der Waals surface area contributed by atoms with Crippen LogP contribution in [-0.2, 0) is 9.47 Å². The van der Waals surface area contributed by atoms with Crippen LogP contribution in [0.15, 0.2) is 36.4 Å². The molecular formula is C25H28N6O3. The lowest BCUT2D eigenvalue weighted by Gasteiger charge is -2.33. The predicted molar refractivity (Wildman–Crippen MR) is 129 cm³/mol. The summed E-state index contributed by atoms with van der Waals surface area (Å²) in [6.07, 6.45) is 1.38. The van der Waals surface area contributed by atoms with E-state index in [2.05, 4.69) is 21.2 Å². The van der Waals surface area contributed by atoms with Crippen molar-refractivity contribution in [3.8, 4) is 11.3 Å². The lowest BCUT2D eigenvalue weighted by atomic mass is 10.00. The molecular weight excluding hydrogens is 432 g/mol. The molecule has 5 heterocycles. The van der Waals surface area contributed by atoms with Gasteiger partial charge in [-0.15, -0.1) is 0 Å². The van der Waals surface area contributed by atoms with Crippen LogP contribution in [-0.4, -0.2) is 80.0 Å². The van der Waals surface area contributed by atoms with Crippen molar-refractivity contribution >= 4 is 28.7 Å². The van der Waals surface area contributed by atoms with Crippen molar-refractivity contribution in [2.24, 2.45) is 5.92 Å². The number of benzene rings is 1. The van der Waals surface area contributed by atoms with Crippen LogP contribution in [0.1, 0.15) is 16.8 Å². The summed E-state index contributed by atoms with van der Waals surface area (Å²) in [6.45, 7) is 5.43. The van der Waals surface area contributed by atoms with Crippen molar-refractivity contribution in [3.63, 3.8) is 0 Å². The number of carbonyl (C=O) groups is 1. The lowest BCUT2D eigenvalue weighted by molar-refractivity contribution is 0.0963. The van der Waals surface area contributed by atoms with Crippen molar-refractivity contribution in [1.29, 1.82) is 0 Å². The zero-order valence-electron chi connectivity index (χ0n) is 19.2. The van der Waals surface area contributed by atoms with Crippen molar-refractivity contribution in [3.05, 3.63) is 42.0 Å². The number of nitrogens with one attached hydrogen (secondary N) is 1. The molecule has 3 aliphatic rings. The summed E-state index contributed by atoms with van der Waals surface area (Å²) in [7, 11) is 1.63. The Morgan fingerprint density at radius 2 is 1.94 bits per heavy atom. The van der Waals surface area contributed by atoms with Gasteiger partial charge in [-0.3, -0.25) is 4.79 Å². The maximum absolute atomic E-state index is 12.1. The van der Waals surface area contributed by atoms with Gasteiger partial charge < -0.3 is 24.6 Å². The minimum Gasteiger partial charge on any atom is -0.378 e. The van der Waals surface area contributed by atoms with Gasteiger partial charge in [-0.05, 0) is 30.7 Å². The fourth-order valence-corrected chi connectivity index (χ4v) is 5.09. The van der Waals surface area contributed by atoms with Gasteiger partial charge in [-0.2, -0.15) is 9.97 Å². The first-order valence-corrected chi connectivity index (χ1v) is 11.9. The van der Waals surface area contributed by atoms with Crippen LogP contribution in [0, 0.1) is 5.92 Å². The highest BCUT2D eigenvalue weighted by Crippen LogP contribution is 2.34. The van der Waals surface area contributed by atoms with Crippen LogP contribution in [0.4, 0.5) is 11.8 Å². The summed E-state index contributed by atoms with van der Waals surface area (Å²) >= 11 is 0. The summed E-state index contributed by atoms with van der Waals surface area (Å²) < 4.78 is 11.5. The van der Waals surface area contributed by atoms with Crippen LogP contribution in [0.5, 0.6) is 0 Å². The minimum absolute atomic E-state index is 0.121. The number of carbonyl (C=O) groups excluding carboxylic acids is 1. The number of pyridine rings is 1. The Labute approximate surface area is 198 Å². The fourth-order valence-electron chi connectivity index (χ4n) is 5.09. The molecule has 176 valence electrons. The van der Waals surface area contributed by atoms with Crippen LogP contribution in [0.25, 0.3) is 22.3 Å². The van der Waals surface area contributed by atoms with Crippen LogP contribution in [0.2, 0.25) is 0 Å². The van der Waals surface area contributed by atoms with Crippen molar-refractivity contribution in [1.82, 2.24) is 20.3 Å². The third-order valence-electron chi connectivity index (χ3n) is 6.84. The van der Waals surface area contributed by atoms with Gasteiger partial charge in [-0.25, -0.2) is 4.98 Å². The number of rotatable bonds is 4. The van der Waals surface area contributed by atoms with Crippen LogP contribution in [0.3, 0.4) is 0 Å².